The van der Waals surface area contributed by atoms with Crippen LogP contribution in [0.4, 0.5) is 5.82 Å². The second-order valence-corrected chi connectivity index (χ2v) is 6.35. The smallest absolute Gasteiger partial charge is 0.157 e. The Morgan fingerprint density at radius 2 is 1.48 bits per heavy atom. The van der Waals surface area contributed by atoms with E-state index < -0.39 is 0 Å². The van der Waals surface area contributed by atoms with Gasteiger partial charge >= 0.3 is 0 Å². The molecule has 0 saturated carbocycles. The van der Waals surface area contributed by atoms with Crippen molar-refractivity contribution in [2.45, 2.75) is 19.4 Å². The number of hydrogen-bond acceptors (Lipinski definition) is 4. The van der Waals surface area contributed by atoms with Crippen molar-refractivity contribution in [2.24, 2.45) is 0 Å². The molecule has 0 aliphatic carbocycles. The van der Waals surface area contributed by atoms with Crippen molar-refractivity contribution in [2.75, 3.05) is 5.32 Å². The second-order valence-electron chi connectivity index (χ2n) is 6.35. The van der Waals surface area contributed by atoms with Gasteiger partial charge in [-0.15, -0.1) is 17.5 Å². The Bertz CT molecular complexity index is 1010. The topological polar surface area (TPSA) is 50.7 Å². The highest BCUT2D eigenvalue weighted by molar-refractivity contribution is 5.93. The number of hydrogen-bond donors (Lipinski definition) is 1. The molecule has 0 saturated heterocycles. The number of benzene rings is 2. The normalized spacial score (nSPS) is 11.6. The summed E-state index contributed by atoms with van der Waals surface area (Å²) >= 11 is 0. The molecule has 4 nitrogen and oxygen atoms in total. The summed E-state index contributed by atoms with van der Waals surface area (Å²) in [6.45, 7) is 2.14. The van der Waals surface area contributed by atoms with E-state index >= 15 is 0 Å². The molecule has 5 heteroatoms. The fourth-order valence-electron chi connectivity index (χ4n) is 3.12. The van der Waals surface area contributed by atoms with Gasteiger partial charge in [-0.05, 0) is 30.2 Å². The summed E-state index contributed by atoms with van der Waals surface area (Å²) < 4.78 is 0. The average Bonchev–Trinajstić information content (AvgIpc) is 2.71. The number of rotatable bonds is 5. The van der Waals surface area contributed by atoms with Crippen molar-refractivity contribution in [3.63, 3.8) is 0 Å². The molecule has 0 bridgehead atoms. The zero-order chi connectivity index (χ0) is 17.8. The summed E-state index contributed by atoms with van der Waals surface area (Å²) in [6, 6.07) is 22.8. The van der Waals surface area contributed by atoms with E-state index in [9.17, 15) is 0 Å². The van der Waals surface area contributed by atoms with Crippen LogP contribution in [0, 0.1) is 0 Å². The highest BCUT2D eigenvalue weighted by Crippen LogP contribution is 2.27. The van der Waals surface area contributed by atoms with Gasteiger partial charge in [0.05, 0.1) is 11.7 Å². The second kappa shape index (κ2) is 8.60. The van der Waals surface area contributed by atoms with Gasteiger partial charge in [0.25, 0.3) is 0 Å². The number of halogens is 1. The Morgan fingerprint density at radius 3 is 2.22 bits per heavy atom. The van der Waals surface area contributed by atoms with Crippen LogP contribution >= 0.6 is 12.4 Å². The first-order valence-corrected chi connectivity index (χ1v) is 8.76. The van der Waals surface area contributed by atoms with Gasteiger partial charge in [-0.2, -0.15) is 5.10 Å². The van der Waals surface area contributed by atoms with Gasteiger partial charge < -0.3 is 5.32 Å². The maximum atomic E-state index is 4.52. The van der Waals surface area contributed by atoms with Gasteiger partial charge in [-0.1, -0.05) is 54.6 Å². The maximum absolute atomic E-state index is 4.52. The van der Waals surface area contributed by atoms with Crippen molar-refractivity contribution in [1.82, 2.24) is 15.2 Å². The van der Waals surface area contributed by atoms with E-state index in [1.807, 2.05) is 42.7 Å². The molecule has 4 rings (SSSR count). The first-order valence-electron chi connectivity index (χ1n) is 8.76. The molecule has 1 atom stereocenters. The number of pyridine rings is 1. The Kier molecular flexibility index (Phi) is 5.99. The van der Waals surface area contributed by atoms with Crippen LogP contribution in [-0.4, -0.2) is 15.2 Å². The lowest BCUT2D eigenvalue weighted by molar-refractivity contribution is 0.857. The summed E-state index contributed by atoms with van der Waals surface area (Å²) in [6.07, 6.45) is 4.36. The van der Waals surface area contributed by atoms with Crippen molar-refractivity contribution >= 4 is 29.0 Å². The third-order valence-electron chi connectivity index (χ3n) is 4.54. The monoisotopic (exact) mass is 376 g/mol. The number of nitrogens with one attached hydrogen (secondary N) is 1. The molecule has 0 fully saturated rings. The third kappa shape index (κ3) is 4.23. The summed E-state index contributed by atoms with van der Waals surface area (Å²) in [5, 5.41) is 14.7. The van der Waals surface area contributed by atoms with Crippen LogP contribution in [-0.2, 0) is 6.42 Å². The zero-order valence-corrected chi connectivity index (χ0v) is 15.9. The third-order valence-corrected chi connectivity index (χ3v) is 4.54. The van der Waals surface area contributed by atoms with Crippen LogP contribution in [0.15, 0.2) is 79.1 Å². The molecule has 0 unspecified atom stereocenters. The Hall–Kier alpha value is -2.98. The van der Waals surface area contributed by atoms with Crippen molar-refractivity contribution in [3.8, 4) is 0 Å². The molecule has 0 radical (unpaired) electrons. The first kappa shape index (κ1) is 18.8. The molecule has 4 aromatic rings. The van der Waals surface area contributed by atoms with E-state index in [0.29, 0.717) is 0 Å². The standard InChI is InChI=1S/C22H20N4.ClH/c1-16(18-7-3-2-4-8-18)24-22-20-10-6-5-9-19(20)21(25-26-22)15-17-11-13-23-14-12-17;/h2-14,16H,15H2,1H3,(H,24,26);1H/t16-;/m0./s1. The van der Waals surface area contributed by atoms with E-state index in [4.69, 9.17) is 0 Å². The summed E-state index contributed by atoms with van der Waals surface area (Å²) in [5.41, 5.74) is 3.38. The molecule has 2 heterocycles. The molecule has 0 spiro atoms. The van der Waals surface area contributed by atoms with E-state index in [0.717, 1.165) is 28.7 Å². The van der Waals surface area contributed by atoms with Crippen LogP contribution in [0.2, 0.25) is 0 Å². The lowest BCUT2D eigenvalue weighted by Gasteiger charge is -2.17. The summed E-state index contributed by atoms with van der Waals surface area (Å²) in [4.78, 5) is 4.08. The highest BCUT2D eigenvalue weighted by Gasteiger charge is 2.12. The molecular formula is C22H21ClN4. The van der Waals surface area contributed by atoms with Gasteiger partial charge in [0.1, 0.15) is 0 Å². The fraction of sp³-hybridized carbons (Fsp3) is 0.136. The van der Waals surface area contributed by atoms with Crippen molar-refractivity contribution < 1.29 is 0 Å². The highest BCUT2D eigenvalue weighted by atomic mass is 35.5. The van der Waals surface area contributed by atoms with Crippen molar-refractivity contribution in [3.05, 3.63) is 95.9 Å². The number of aromatic nitrogens is 3. The van der Waals surface area contributed by atoms with E-state index in [1.165, 1.54) is 11.1 Å². The minimum atomic E-state index is 0. The number of nitrogens with zero attached hydrogens (tertiary/aromatic N) is 3. The molecule has 2 aromatic carbocycles. The Balaban J connectivity index is 0.00000210. The SMILES string of the molecule is C[C@H](Nc1nnc(Cc2ccncc2)c2ccccc12)c1ccccc1.Cl. The van der Waals surface area contributed by atoms with Crippen molar-refractivity contribution in [1.29, 1.82) is 0 Å². The van der Waals surface area contributed by atoms with Gasteiger partial charge in [-0.25, -0.2) is 0 Å². The van der Waals surface area contributed by atoms with Gasteiger partial charge in [0.2, 0.25) is 0 Å². The Labute approximate surface area is 165 Å². The van der Waals surface area contributed by atoms with Crippen LogP contribution < -0.4 is 5.32 Å². The van der Waals surface area contributed by atoms with E-state index in [2.05, 4.69) is 63.8 Å². The first-order chi connectivity index (χ1) is 12.8. The maximum Gasteiger partial charge on any atom is 0.157 e. The van der Waals surface area contributed by atoms with Crippen LogP contribution in [0.3, 0.4) is 0 Å². The molecule has 0 aliphatic heterocycles. The Morgan fingerprint density at radius 1 is 0.815 bits per heavy atom. The molecule has 27 heavy (non-hydrogen) atoms. The molecule has 0 amide bonds. The zero-order valence-electron chi connectivity index (χ0n) is 15.0. The van der Waals surface area contributed by atoms with Gasteiger partial charge in [0.15, 0.2) is 5.82 Å². The molecule has 136 valence electrons. The summed E-state index contributed by atoms with van der Waals surface area (Å²) in [7, 11) is 0. The molecule has 0 aliphatic rings. The van der Waals surface area contributed by atoms with Gasteiger partial charge in [0, 0.05) is 29.6 Å². The lowest BCUT2D eigenvalue weighted by atomic mass is 10.0. The van der Waals surface area contributed by atoms with Crippen LogP contribution in [0.25, 0.3) is 10.8 Å². The fourth-order valence-corrected chi connectivity index (χ4v) is 3.12. The lowest BCUT2D eigenvalue weighted by Crippen LogP contribution is -2.10. The van der Waals surface area contributed by atoms with Crippen LogP contribution in [0.1, 0.15) is 29.8 Å². The average molecular weight is 377 g/mol. The molecular weight excluding hydrogens is 356 g/mol. The largest absolute Gasteiger partial charge is 0.362 e. The van der Waals surface area contributed by atoms with Crippen LogP contribution in [0.5, 0.6) is 0 Å². The van der Waals surface area contributed by atoms with Gasteiger partial charge in [-0.3, -0.25) is 4.98 Å². The molecule has 2 aromatic heterocycles. The molecule has 1 N–H and O–H groups in total. The minimum Gasteiger partial charge on any atom is -0.362 e. The predicted octanol–water partition coefficient (Wildman–Crippen LogP) is 5.21. The summed E-state index contributed by atoms with van der Waals surface area (Å²) in [5.74, 6) is 0.815. The minimum absolute atomic E-state index is 0. The number of fused-ring (bicyclic) bond motifs is 1. The quantitative estimate of drug-likeness (QED) is 0.519. The predicted molar refractivity (Wildman–Crippen MR) is 112 cm³/mol. The van der Waals surface area contributed by atoms with E-state index in [1.54, 1.807) is 0 Å². The van der Waals surface area contributed by atoms with E-state index in [-0.39, 0.29) is 18.4 Å². The number of anilines is 1.